The van der Waals surface area contributed by atoms with Gasteiger partial charge in [-0.3, -0.25) is 14.2 Å². The van der Waals surface area contributed by atoms with Gasteiger partial charge < -0.3 is 15.3 Å². The summed E-state index contributed by atoms with van der Waals surface area (Å²) in [7, 11) is 0. The minimum Gasteiger partial charge on any atom is -0.477 e. The van der Waals surface area contributed by atoms with Gasteiger partial charge in [0.1, 0.15) is 17.9 Å². The van der Waals surface area contributed by atoms with E-state index in [0.29, 0.717) is 16.5 Å². The van der Waals surface area contributed by atoms with Gasteiger partial charge in [0.2, 0.25) is 11.3 Å². The molecule has 0 aliphatic carbocycles. The topological polar surface area (TPSA) is 117 Å². The van der Waals surface area contributed by atoms with Crippen molar-refractivity contribution in [3.05, 3.63) is 45.2 Å². The fourth-order valence-corrected chi connectivity index (χ4v) is 4.05. The molecule has 0 aromatic carbocycles. The molecule has 1 saturated heterocycles. The van der Waals surface area contributed by atoms with Gasteiger partial charge in [0.25, 0.3) is 0 Å². The summed E-state index contributed by atoms with van der Waals surface area (Å²) in [5, 5.41) is 13.5. The fraction of sp³-hybridized carbons (Fsp3) is 0.316. The van der Waals surface area contributed by atoms with E-state index in [1.54, 1.807) is 23.3 Å². The highest BCUT2D eigenvalue weighted by atomic mass is 32.1. The van der Waals surface area contributed by atoms with E-state index in [1.807, 2.05) is 5.32 Å². The van der Waals surface area contributed by atoms with E-state index < -0.39 is 41.5 Å². The molecule has 3 aromatic heterocycles. The second-order valence-electron chi connectivity index (χ2n) is 7.29. The van der Waals surface area contributed by atoms with Crippen molar-refractivity contribution in [1.82, 2.24) is 19.9 Å². The molecule has 0 radical (unpaired) electrons. The number of anilines is 1. The van der Waals surface area contributed by atoms with Crippen LogP contribution in [0.15, 0.2) is 28.6 Å². The number of carboxylic acids is 1. The molecule has 4 heterocycles. The number of nitrogens with one attached hydrogen (secondary N) is 1. The smallest absolute Gasteiger partial charge is 0.405 e. The Labute approximate surface area is 182 Å². The molecule has 168 valence electrons. The molecule has 1 aliphatic heterocycles. The average molecular weight is 467 g/mol. The molecular weight excluding hydrogens is 451 g/mol. The number of aromatic carboxylic acids is 1. The number of nitrogens with zero attached hydrogens (tertiary/aromatic N) is 4. The Bertz CT molecular complexity index is 1270. The predicted octanol–water partition coefficient (Wildman–Crippen LogP) is 1.96. The maximum atomic E-state index is 12.8. The van der Waals surface area contributed by atoms with Gasteiger partial charge in [-0.25, -0.2) is 14.8 Å². The summed E-state index contributed by atoms with van der Waals surface area (Å²) in [6, 6.07) is 1.59. The van der Waals surface area contributed by atoms with Crippen molar-refractivity contribution >= 4 is 40.1 Å². The van der Waals surface area contributed by atoms with E-state index >= 15 is 0 Å². The number of pyridine rings is 2. The van der Waals surface area contributed by atoms with E-state index in [-0.39, 0.29) is 24.1 Å². The van der Waals surface area contributed by atoms with Crippen molar-refractivity contribution in [3.63, 3.8) is 0 Å². The molecule has 0 saturated carbocycles. The number of halogens is 3. The zero-order chi connectivity index (χ0) is 23.2. The van der Waals surface area contributed by atoms with Gasteiger partial charge >= 0.3 is 12.1 Å². The van der Waals surface area contributed by atoms with Crippen LogP contribution in [-0.4, -0.2) is 57.3 Å². The van der Waals surface area contributed by atoms with Crippen LogP contribution in [0.2, 0.25) is 0 Å². The number of carbonyl (C=O) groups is 2. The lowest BCUT2D eigenvalue weighted by Gasteiger charge is -2.39. The first-order valence-electron chi connectivity index (χ1n) is 9.34. The largest absolute Gasteiger partial charge is 0.477 e. The second-order valence-corrected chi connectivity index (χ2v) is 8.17. The molecule has 4 rings (SSSR count). The summed E-state index contributed by atoms with van der Waals surface area (Å²) in [5.41, 5.74) is -0.413. The average Bonchev–Trinajstić information content (AvgIpc) is 3.19. The minimum absolute atomic E-state index is 0.129. The molecule has 1 aliphatic rings. The molecule has 3 aromatic rings. The van der Waals surface area contributed by atoms with Crippen molar-refractivity contribution in [3.8, 4) is 5.13 Å². The third kappa shape index (κ3) is 4.02. The number of aromatic nitrogens is 3. The van der Waals surface area contributed by atoms with Crippen LogP contribution in [0, 0.1) is 12.8 Å². The van der Waals surface area contributed by atoms with Crippen molar-refractivity contribution in [2.75, 3.05) is 24.5 Å². The van der Waals surface area contributed by atoms with Crippen molar-refractivity contribution < 1.29 is 27.9 Å². The Hall–Kier alpha value is -3.48. The van der Waals surface area contributed by atoms with Crippen molar-refractivity contribution in [1.29, 1.82) is 0 Å². The Morgan fingerprint density at radius 1 is 1.34 bits per heavy atom. The van der Waals surface area contributed by atoms with Crippen LogP contribution in [0.4, 0.5) is 19.0 Å². The highest BCUT2D eigenvalue weighted by Gasteiger charge is 2.36. The van der Waals surface area contributed by atoms with Crippen LogP contribution in [0.3, 0.4) is 0 Å². The zero-order valence-corrected chi connectivity index (χ0v) is 17.3. The lowest BCUT2D eigenvalue weighted by Crippen LogP contribution is -2.55. The van der Waals surface area contributed by atoms with E-state index in [2.05, 4.69) is 9.97 Å². The highest BCUT2D eigenvalue weighted by molar-refractivity contribution is 7.12. The third-order valence-corrected chi connectivity index (χ3v) is 5.81. The van der Waals surface area contributed by atoms with E-state index in [9.17, 15) is 32.7 Å². The molecule has 1 amide bonds. The first-order valence-corrected chi connectivity index (χ1v) is 10.2. The van der Waals surface area contributed by atoms with Gasteiger partial charge in [-0.1, -0.05) is 0 Å². The number of hydrogen-bond donors (Lipinski definition) is 2. The number of amides is 1. The second kappa shape index (κ2) is 7.89. The first kappa shape index (κ1) is 21.7. The number of fused-ring (bicyclic) bond motifs is 1. The Morgan fingerprint density at radius 3 is 2.66 bits per heavy atom. The first-order chi connectivity index (χ1) is 15.0. The van der Waals surface area contributed by atoms with Gasteiger partial charge in [-0.2, -0.15) is 13.2 Å². The van der Waals surface area contributed by atoms with Gasteiger partial charge in [-0.15, -0.1) is 11.3 Å². The Morgan fingerprint density at radius 2 is 2.06 bits per heavy atom. The van der Waals surface area contributed by atoms with Crippen molar-refractivity contribution in [2.24, 2.45) is 5.92 Å². The molecule has 1 fully saturated rings. The number of carbonyl (C=O) groups excluding carboxylic acids is 1. The van der Waals surface area contributed by atoms with Gasteiger partial charge in [-0.05, 0) is 18.6 Å². The standard InChI is InChI=1S/C19H16F3N5O4S/c1-9-4-12(26-5-10(6-26)16(29)24-8-19(20,21)22)25-15-13(9)14(28)11(17(30)31)7-27(15)18-23-2-3-32-18/h2-4,7,10H,5-6,8H2,1H3,(H,24,29)(H,30,31). The summed E-state index contributed by atoms with van der Waals surface area (Å²) in [4.78, 5) is 46.6. The Balaban J connectivity index is 1.68. The van der Waals surface area contributed by atoms with Crippen LogP contribution >= 0.6 is 11.3 Å². The summed E-state index contributed by atoms with van der Waals surface area (Å²) in [6.45, 7) is 0.578. The Kier molecular flexibility index (Phi) is 5.36. The van der Waals surface area contributed by atoms with E-state index in [1.165, 1.54) is 28.3 Å². The summed E-state index contributed by atoms with van der Waals surface area (Å²) < 4.78 is 38.3. The van der Waals surface area contributed by atoms with Gasteiger partial charge in [0, 0.05) is 30.9 Å². The molecule has 0 atom stereocenters. The summed E-state index contributed by atoms with van der Waals surface area (Å²) >= 11 is 1.23. The van der Waals surface area contributed by atoms with Gasteiger partial charge in [0.15, 0.2) is 10.8 Å². The number of alkyl halides is 3. The fourth-order valence-electron chi connectivity index (χ4n) is 3.44. The number of aryl methyl sites for hydroxylation is 1. The minimum atomic E-state index is -4.48. The zero-order valence-electron chi connectivity index (χ0n) is 16.5. The molecular formula is C19H16F3N5O4S. The SMILES string of the molecule is Cc1cc(N2CC(C(=O)NCC(F)(F)F)C2)nc2c1c(=O)c(C(=O)O)cn2-c1nccs1. The molecule has 32 heavy (non-hydrogen) atoms. The van der Waals surface area contributed by atoms with Crippen LogP contribution < -0.4 is 15.6 Å². The molecule has 0 bridgehead atoms. The summed E-state index contributed by atoms with van der Waals surface area (Å²) in [5.74, 6) is -2.27. The van der Waals surface area contributed by atoms with Crippen LogP contribution in [0.5, 0.6) is 0 Å². The molecule has 0 spiro atoms. The van der Waals surface area contributed by atoms with Gasteiger partial charge in [0.05, 0.1) is 11.3 Å². The number of carboxylic acid groups (broad SMARTS) is 1. The number of thiazole rings is 1. The molecule has 2 N–H and O–H groups in total. The molecule has 0 unspecified atom stereocenters. The lowest BCUT2D eigenvalue weighted by molar-refractivity contribution is -0.141. The van der Waals surface area contributed by atoms with Crippen molar-refractivity contribution in [2.45, 2.75) is 13.1 Å². The number of hydrogen-bond acceptors (Lipinski definition) is 7. The van der Waals surface area contributed by atoms with E-state index in [4.69, 9.17) is 0 Å². The maximum absolute atomic E-state index is 12.8. The number of rotatable bonds is 5. The third-order valence-electron chi connectivity index (χ3n) is 5.04. The predicted molar refractivity (Wildman–Crippen MR) is 109 cm³/mol. The van der Waals surface area contributed by atoms with Crippen LogP contribution in [-0.2, 0) is 4.79 Å². The van der Waals surface area contributed by atoms with E-state index in [0.717, 1.165) is 0 Å². The summed E-state index contributed by atoms with van der Waals surface area (Å²) in [6.07, 6.45) is -1.78. The monoisotopic (exact) mass is 467 g/mol. The lowest BCUT2D eigenvalue weighted by atomic mass is 9.98. The maximum Gasteiger partial charge on any atom is 0.405 e. The molecule has 13 heteroatoms. The van der Waals surface area contributed by atoms with Crippen LogP contribution in [0.1, 0.15) is 15.9 Å². The quantitative estimate of drug-likeness (QED) is 0.589. The normalized spacial score (nSPS) is 14.4. The van der Waals surface area contributed by atoms with Crippen LogP contribution in [0.25, 0.3) is 16.2 Å². The highest BCUT2D eigenvalue weighted by Crippen LogP contribution is 2.28. The molecule has 9 nitrogen and oxygen atoms in total.